The van der Waals surface area contributed by atoms with E-state index >= 15 is 0 Å². The van der Waals surface area contributed by atoms with Gasteiger partial charge in [0.1, 0.15) is 9.79 Å². The molecule has 0 atom stereocenters. The molecule has 8 heteroatoms. The van der Waals surface area contributed by atoms with Gasteiger partial charge in [-0.05, 0) is 24.6 Å². The molecule has 0 aliphatic rings. The van der Waals surface area contributed by atoms with Gasteiger partial charge in [-0.3, -0.25) is 8.74 Å². The molecule has 0 aliphatic carbocycles. The summed E-state index contributed by atoms with van der Waals surface area (Å²) in [5.74, 6) is 0. The van der Waals surface area contributed by atoms with Crippen LogP contribution in [-0.4, -0.2) is 28.0 Å². The third-order valence-corrected chi connectivity index (χ3v) is 4.49. The molecule has 0 aliphatic heterocycles. The molecule has 0 spiro atoms. The number of hydrogen-bond acceptors (Lipinski definition) is 5. The van der Waals surface area contributed by atoms with Crippen LogP contribution in [0.15, 0.2) is 34.6 Å². The molecule has 0 radical (unpaired) electrons. The van der Waals surface area contributed by atoms with Crippen molar-refractivity contribution < 1.29 is 25.6 Å². The summed E-state index contributed by atoms with van der Waals surface area (Å²) >= 11 is 0. The Bertz CT molecular complexity index is 658. The van der Waals surface area contributed by atoms with Crippen molar-refractivity contribution in [2.75, 3.05) is 6.61 Å². The van der Waals surface area contributed by atoms with Gasteiger partial charge in [0.25, 0.3) is 20.2 Å². The Kier molecular flexibility index (Phi) is 4.28. The molecule has 0 saturated carbocycles. The molecule has 1 N–H and O–H groups in total. The summed E-state index contributed by atoms with van der Waals surface area (Å²) in [6, 6.07) is 3.38. The van der Waals surface area contributed by atoms with Crippen LogP contribution in [0.3, 0.4) is 0 Å². The smallest absolute Gasteiger partial charge is 0.282 e. The first kappa shape index (κ1) is 14.8. The highest BCUT2D eigenvalue weighted by Crippen LogP contribution is 2.24. The fraction of sp³-hybridized carbons (Fsp3) is 0.200. The Morgan fingerprint density at radius 1 is 1.28 bits per heavy atom. The van der Waals surface area contributed by atoms with Gasteiger partial charge in [0.05, 0.1) is 6.61 Å². The molecule has 1 rings (SSSR count). The molecule has 0 unspecified atom stereocenters. The van der Waals surface area contributed by atoms with E-state index in [0.717, 1.165) is 12.1 Å². The molecular formula is C10H12O6S2. The first-order valence-corrected chi connectivity index (χ1v) is 7.70. The maximum absolute atomic E-state index is 11.7. The average Bonchev–Trinajstić information content (AvgIpc) is 2.27. The van der Waals surface area contributed by atoms with Crippen molar-refractivity contribution in [2.45, 2.75) is 16.7 Å². The first-order valence-electron chi connectivity index (χ1n) is 4.85. The summed E-state index contributed by atoms with van der Waals surface area (Å²) in [6.07, 6.45) is 1.35. The van der Waals surface area contributed by atoms with Crippen LogP contribution < -0.4 is 0 Å². The lowest BCUT2D eigenvalue weighted by Gasteiger charge is -2.08. The van der Waals surface area contributed by atoms with Crippen LogP contribution in [0, 0.1) is 0 Å². The van der Waals surface area contributed by atoms with Crippen LogP contribution in [0.1, 0.15) is 12.5 Å². The minimum absolute atomic E-state index is 0.147. The molecule has 0 saturated heterocycles. The van der Waals surface area contributed by atoms with Gasteiger partial charge in [-0.2, -0.15) is 16.8 Å². The van der Waals surface area contributed by atoms with Gasteiger partial charge < -0.3 is 0 Å². The van der Waals surface area contributed by atoms with Gasteiger partial charge in [0, 0.05) is 0 Å². The van der Waals surface area contributed by atoms with Crippen molar-refractivity contribution in [3.63, 3.8) is 0 Å². The Labute approximate surface area is 106 Å². The van der Waals surface area contributed by atoms with E-state index in [1.54, 1.807) is 0 Å². The monoisotopic (exact) mass is 292 g/mol. The highest BCUT2D eigenvalue weighted by Gasteiger charge is 2.25. The standard InChI is InChI=1S/C10H12O6S2/c1-3-8-5-6-9(17(11,12)13)10(7-8)18(14,15)16-4-2/h3,5-7H,1,4H2,2H3,(H,11,12,13). The van der Waals surface area contributed by atoms with Crippen molar-refractivity contribution in [1.29, 1.82) is 0 Å². The Hall–Kier alpha value is -1.22. The zero-order valence-electron chi connectivity index (χ0n) is 9.53. The van der Waals surface area contributed by atoms with E-state index in [-0.39, 0.29) is 6.61 Å². The highest BCUT2D eigenvalue weighted by atomic mass is 32.2. The number of benzene rings is 1. The summed E-state index contributed by atoms with van der Waals surface area (Å²) in [7, 11) is -8.90. The molecule has 0 bridgehead atoms. The quantitative estimate of drug-likeness (QED) is 0.649. The first-order chi connectivity index (χ1) is 8.22. The van der Waals surface area contributed by atoms with Crippen LogP contribution in [0.5, 0.6) is 0 Å². The molecule has 100 valence electrons. The molecule has 18 heavy (non-hydrogen) atoms. The summed E-state index contributed by atoms with van der Waals surface area (Å²) in [4.78, 5) is -1.33. The van der Waals surface area contributed by atoms with Gasteiger partial charge in [-0.15, -0.1) is 0 Å². The van der Waals surface area contributed by atoms with Gasteiger partial charge in [-0.25, -0.2) is 0 Å². The second-order valence-corrected chi connectivity index (χ2v) is 6.22. The highest BCUT2D eigenvalue weighted by molar-refractivity contribution is 7.89. The van der Waals surface area contributed by atoms with Gasteiger partial charge in [0.2, 0.25) is 0 Å². The molecule has 0 heterocycles. The summed E-state index contributed by atoms with van der Waals surface area (Å²) in [5, 5.41) is 0. The van der Waals surface area contributed by atoms with E-state index in [1.807, 2.05) is 0 Å². The van der Waals surface area contributed by atoms with Crippen molar-refractivity contribution in [3.8, 4) is 0 Å². The van der Waals surface area contributed by atoms with Crippen molar-refractivity contribution in [1.82, 2.24) is 0 Å². The second kappa shape index (κ2) is 5.19. The van der Waals surface area contributed by atoms with Crippen LogP contribution in [0.25, 0.3) is 6.08 Å². The number of rotatable bonds is 5. The fourth-order valence-corrected chi connectivity index (χ4v) is 3.49. The normalized spacial score (nSPS) is 12.3. The lowest BCUT2D eigenvalue weighted by atomic mass is 10.2. The average molecular weight is 292 g/mol. The van der Waals surface area contributed by atoms with Gasteiger partial charge in [0.15, 0.2) is 0 Å². The van der Waals surface area contributed by atoms with E-state index < -0.39 is 30.0 Å². The van der Waals surface area contributed by atoms with Crippen LogP contribution >= 0.6 is 0 Å². The van der Waals surface area contributed by atoms with Crippen LogP contribution in [-0.2, 0) is 24.4 Å². The minimum Gasteiger partial charge on any atom is -0.282 e. The van der Waals surface area contributed by atoms with Crippen LogP contribution in [0.2, 0.25) is 0 Å². The zero-order valence-corrected chi connectivity index (χ0v) is 11.2. The molecule has 0 amide bonds. The maximum Gasteiger partial charge on any atom is 0.298 e. The summed E-state index contributed by atoms with van der Waals surface area (Å²) in [6.45, 7) is 4.74. The summed E-state index contributed by atoms with van der Waals surface area (Å²) in [5.41, 5.74) is 0.390. The van der Waals surface area contributed by atoms with E-state index in [9.17, 15) is 16.8 Å². The van der Waals surface area contributed by atoms with Crippen LogP contribution in [0.4, 0.5) is 0 Å². The Morgan fingerprint density at radius 3 is 2.33 bits per heavy atom. The van der Waals surface area contributed by atoms with Crippen molar-refractivity contribution in [3.05, 3.63) is 30.3 Å². The lowest BCUT2D eigenvalue weighted by molar-refractivity contribution is 0.336. The van der Waals surface area contributed by atoms with E-state index in [0.29, 0.717) is 5.56 Å². The second-order valence-electron chi connectivity index (χ2n) is 3.25. The SMILES string of the molecule is C=Cc1ccc(S(=O)(=O)O)c(S(=O)(=O)OCC)c1. The third-order valence-electron chi connectivity index (χ3n) is 2.02. The Morgan fingerprint density at radius 2 is 1.89 bits per heavy atom. The van der Waals surface area contributed by atoms with Gasteiger partial charge >= 0.3 is 0 Å². The zero-order chi connectivity index (χ0) is 14.0. The van der Waals surface area contributed by atoms with Gasteiger partial charge in [-0.1, -0.05) is 18.7 Å². The predicted octanol–water partition coefficient (Wildman–Crippen LogP) is 1.30. The van der Waals surface area contributed by atoms with Crippen molar-refractivity contribution in [2.24, 2.45) is 0 Å². The fourth-order valence-electron chi connectivity index (χ4n) is 1.28. The van der Waals surface area contributed by atoms with E-state index in [2.05, 4.69) is 10.8 Å². The largest absolute Gasteiger partial charge is 0.298 e. The maximum atomic E-state index is 11.7. The molecule has 1 aromatic rings. The van der Waals surface area contributed by atoms with E-state index in [1.165, 1.54) is 19.1 Å². The molecular weight excluding hydrogens is 280 g/mol. The third kappa shape index (κ3) is 3.16. The van der Waals surface area contributed by atoms with Crippen molar-refractivity contribution >= 4 is 26.3 Å². The molecule has 0 aromatic heterocycles. The summed E-state index contributed by atoms with van der Waals surface area (Å²) < 4.78 is 59.2. The molecule has 0 fully saturated rings. The number of hydrogen-bond donors (Lipinski definition) is 1. The predicted molar refractivity (Wildman–Crippen MR) is 65.2 cm³/mol. The van der Waals surface area contributed by atoms with E-state index in [4.69, 9.17) is 4.55 Å². The Balaban J connectivity index is 3.63. The minimum atomic E-state index is -4.65. The lowest BCUT2D eigenvalue weighted by Crippen LogP contribution is -2.12. The molecule has 6 nitrogen and oxygen atoms in total. The topological polar surface area (TPSA) is 97.7 Å². The molecule has 1 aromatic carbocycles.